The quantitative estimate of drug-likeness (QED) is 0.797. The van der Waals surface area contributed by atoms with Crippen molar-refractivity contribution in [3.8, 4) is 5.75 Å². The maximum absolute atomic E-state index is 6.04. The fourth-order valence-electron chi connectivity index (χ4n) is 2.46. The van der Waals surface area contributed by atoms with Gasteiger partial charge in [0.05, 0.1) is 29.1 Å². The zero-order chi connectivity index (χ0) is 14.8. The molecule has 1 fully saturated rings. The monoisotopic (exact) mass is 313 g/mol. The first kappa shape index (κ1) is 13.5. The van der Waals surface area contributed by atoms with E-state index in [2.05, 4.69) is 15.3 Å². The Morgan fingerprint density at radius 1 is 1.23 bits per heavy atom. The first-order chi connectivity index (χ1) is 10.9. The van der Waals surface area contributed by atoms with E-state index in [0.717, 1.165) is 40.5 Å². The Kier molecular flexibility index (Phi) is 3.62. The van der Waals surface area contributed by atoms with Gasteiger partial charge in [-0.3, -0.25) is 0 Å². The number of benzene rings is 1. The summed E-state index contributed by atoms with van der Waals surface area (Å²) in [6.07, 6.45) is 2.62. The van der Waals surface area contributed by atoms with Crippen LogP contribution in [0.3, 0.4) is 0 Å². The van der Waals surface area contributed by atoms with Crippen molar-refractivity contribution in [2.45, 2.75) is 12.5 Å². The summed E-state index contributed by atoms with van der Waals surface area (Å²) in [5, 5.41) is 5.39. The van der Waals surface area contributed by atoms with Crippen LogP contribution in [0.25, 0.3) is 10.2 Å². The van der Waals surface area contributed by atoms with Gasteiger partial charge in [0.2, 0.25) is 0 Å². The van der Waals surface area contributed by atoms with Crippen LogP contribution in [0.1, 0.15) is 6.42 Å². The molecule has 3 heterocycles. The first-order valence-corrected chi connectivity index (χ1v) is 8.07. The standard InChI is InChI=1S/C16H15N3O2S/c1-2-4-14(21-11-5-7-20-9-11)12(3-1)19-16-15-13(6-8-22-15)17-10-18-16/h1-4,6,8,10-11H,5,7,9H2,(H,17,18,19). The van der Waals surface area contributed by atoms with Crippen LogP contribution in [0.15, 0.2) is 42.0 Å². The number of ether oxygens (including phenoxy) is 2. The van der Waals surface area contributed by atoms with Gasteiger partial charge in [-0.15, -0.1) is 11.3 Å². The van der Waals surface area contributed by atoms with Crippen molar-refractivity contribution in [3.63, 3.8) is 0 Å². The lowest BCUT2D eigenvalue weighted by Crippen LogP contribution is -2.16. The van der Waals surface area contributed by atoms with Crippen molar-refractivity contribution in [1.29, 1.82) is 0 Å². The van der Waals surface area contributed by atoms with E-state index in [1.54, 1.807) is 17.7 Å². The summed E-state index contributed by atoms with van der Waals surface area (Å²) in [6, 6.07) is 9.90. The van der Waals surface area contributed by atoms with Gasteiger partial charge in [-0.25, -0.2) is 9.97 Å². The number of anilines is 2. The zero-order valence-corrected chi connectivity index (χ0v) is 12.7. The van der Waals surface area contributed by atoms with E-state index in [9.17, 15) is 0 Å². The minimum absolute atomic E-state index is 0.120. The number of para-hydroxylation sites is 2. The second-order valence-corrected chi connectivity index (χ2v) is 6.00. The highest BCUT2D eigenvalue weighted by molar-refractivity contribution is 7.17. The molecule has 22 heavy (non-hydrogen) atoms. The third-order valence-corrected chi connectivity index (χ3v) is 4.48. The summed E-state index contributed by atoms with van der Waals surface area (Å²) in [7, 11) is 0. The average Bonchev–Trinajstić information content (AvgIpc) is 3.21. The van der Waals surface area contributed by atoms with Crippen LogP contribution in [0.4, 0.5) is 11.5 Å². The summed E-state index contributed by atoms with van der Waals surface area (Å²) < 4.78 is 12.5. The van der Waals surface area contributed by atoms with E-state index >= 15 is 0 Å². The molecular formula is C16H15N3O2S. The third-order valence-electron chi connectivity index (χ3n) is 3.56. The van der Waals surface area contributed by atoms with Gasteiger partial charge in [0, 0.05) is 6.42 Å². The van der Waals surface area contributed by atoms with Crippen molar-refractivity contribution in [2.75, 3.05) is 18.5 Å². The molecule has 1 aliphatic heterocycles. The molecule has 4 rings (SSSR count). The summed E-state index contributed by atoms with van der Waals surface area (Å²) in [6.45, 7) is 1.42. The Hall–Kier alpha value is -2.18. The molecule has 1 N–H and O–H groups in total. The molecule has 0 saturated carbocycles. The van der Waals surface area contributed by atoms with E-state index in [1.165, 1.54) is 0 Å². The fraction of sp³-hybridized carbons (Fsp3) is 0.250. The van der Waals surface area contributed by atoms with E-state index in [4.69, 9.17) is 9.47 Å². The van der Waals surface area contributed by atoms with Crippen molar-refractivity contribution in [1.82, 2.24) is 9.97 Å². The number of hydrogen-bond acceptors (Lipinski definition) is 6. The number of nitrogens with zero attached hydrogens (tertiary/aromatic N) is 2. The third kappa shape index (κ3) is 2.63. The summed E-state index contributed by atoms with van der Waals surface area (Å²) in [5.41, 5.74) is 1.85. The predicted molar refractivity (Wildman–Crippen MR) is 87.0 cm³/mol. The van der Waals surface area contributed by atoms with Gasteiger partial charge in [-0.05, 0) is 23.6 Å². The second kappa shape index (κ2) is 5.90. The minimum atomic E-state index is 0.120. The Bertz CT molecular complexity index is 784. The molecule has 1 unspecified atom stereocenters. The maximum atomic E-state index is 6.04. The number of hydrogen-bond donors (Lipinski definition) is 1. The van der Waals surface area contributed by atoms with Crippen molar-refractivity contribution in [3.05, 3.63) is 42.0 Å². The molecule has 0 radical (unpaired) electrons. The number of rotatable bonds is 4. The highest BCUT2D eigenvalue weighted by atomic mass is 32.1. The molecule has 3 aromatic rings. The van der Waals surface area contributed by atoms with Gasteiger partial charge in [-0.2, -0.15) is 0 Å². The normalized spacial score (nSPS) is 17.7. The Labute approximate surface area is 131 Å². The Morgan fingerprint density at radius 3 is 3.09 bits per heavy atom. The summed E-state index contributed by atoms with van der Waals surface area (Å²) in [4.78, 5) is 8.62. The van der Waals surface area contributed by atoms with E-state index < -0.39 is 0 Å². The first-order valence-electron chi connectivity index (χ1n) is 7.19. The van der Waals surface area contributed by atoms with Crippen LogP contribution < -0.4 is 10.1 Å². The molecule has 1 atom stereocenters. The predicted octanol–water partition coefficient (Wildman–Crippen LogP) is 3.60. The molecule has 0 spiro atoms. The van der Waals surface area contributed by atoms with Crippen LogP contribution in [0, 0.1) is 0 Å². The highest BCUT2D eigenvalue weighted by Crippen LogP contribution is 2.32. The van der Waals surface area contributed by atoms with Gasteiger partial charge in [0.15, 0.2) is 5.82 Å². The lowest BCUT2D eigenvalue weighted by molar-refractivity contribution is 0.142. The highest BCUT2D eigenvalue weighted by Gasteiger charge is 2.18. The van der Waals surface area contributed by atoms with Crippen molar-refractivity contribution < 1.29 is 9.47 Å². The van der Waals surface area contributed by atoms with Crippen molar-refractivity contribution >= 4 is 33.1 Å². The molecule has 0 aliphatic carbocycles. The van der Waals surface area contributed by atoms with Crippen LogP contribution in [0.2, 0.25) is 0 Å². The number of thiophene rings is 1. The number of fused-ring (bicyclic) bond motifs is 1. The number of nitrogens with one attached hydrogen (secondary N) is 1. The maximum Gasteiger partial charge on any atom is 0.151 e. The molecule has 1 aromatic carbocycles. The lowest BCUT2D eigenvalue weighted by atomic mass is 10.2. The fourth-order valence-corrected chi connectivity index (χ4v) is 3.25. The molecule has 2 aromatic heterocycles. The molecule has 0 bridgehead atoms. The van der Waals surface area contributed by atoms with Gasteiger partial charge in [-0.1, -0.05) is 12.1 Å². The van der Waals surface area contributed by atoms with Gasteiger partial charge < -0.3 is 14.8 Å². The molecule has 6 heteroatoms. The van der Waals surface area contributed by atoms with Crippen LogP contribution in [-0.4, -0.2) is 29.3 Å². The smallest absolute Gasteiger partial charge is 0.151 e. The van der Waals surface area contributed by atoms with Gasteiger partial charge in [0.1, 0.15) is 18.2 Å². The van der Waals surface area contributed by atoms with Crippen molar-refractivity contribution in [2.24, 2.45) is 0 Å². The lowest BCUT2D eigenvalue weighted by Gasteiger charge is -2.16. The molecule has 5 nitrogen and oxygen atoms in total. The van der Waals surface area contributed by atoms with Crippen LogP contribution in [0.5, 0.6) is 5.75 Å². The second-order valence-electron chi connectivity index (χ2n) is 5.08. The zero-order valence-electron chi connectivity index (χ0n) is 11.9. The molecule has 0 amide bonds. The Balaban J connectivity index is 1.63. The SMILES string of the molecule is c1ccc(OC2CCOC2)c(Nc2ncnc3ccsc23)c1. The minimum Gasteiger partial charge on any atom is -0.486 e. The molecule has 1 saturated heterocycles. The van der Waals surface area contributed by atoms with Crippen LogP contribution >= 0.6 is 11.3 Å². The number of aromatic nitrogens is 2. The summed E-state index contributed by atoms with van der Waals surface area (Å²) >= 11 is 1.62. The molecule has 112 valence electrons. The van der Waals surface area contributed by atoms with E-state index in [1.807, 2.05) is 35.7 Å². The topological polar surface area (TPSA) is 56.3 Å². The van der Waals surface area contributed by atoms with Gasteiger partial charge >= 0.3 is 0 Å². The largest absolute Gasteiger partial charge is 0.486 e. The van der Waals surface area contributed by atoms with E-state index in [0.29, 0.717) is 6.61 Å². The molecular weight excluding hydrogens is 298 g/mol. The van der Waals surface area contributed by atoms with E-state index in [-0.39, 0.29) is 6.10 Å². The summed E-state index contributed by atoms with van der Waals surface area (Å²) in [5.74, 6) is 1.63. The average molecular weight is 313 g/mol. The Morgan fingerprint density at radius 2 is 2.18 bits per heavy atom. The van der Waals surface area contributed by atoms with Crippen LogP contribution in [-0.2, 0) is 4.74 Å². The van der Waals surface area contributed by atoms with Gasteiger partial charge in [0.25, 0.3) is 0 Å². The molecule has 1 aliphatic rings.